The zero-order chi connectivity index (χ0) is 14.4. The summed E-state index contributed by atoms with van der Waals surface area (Å²) >= 11 is 0. The van der Waals surface area contributed by atoms with Crippen molar-refractivity contribution in [3.8, 4) is 0 Å². The van der Waals surface area contributed by atoms with Gasteiger partial charge in [-0.2, -0.15) is 0 Å². The Hall–Kier alpha value is -1.27. The maximum Gasteiger partial charge on any atom is 0.512 e. The molecule has 1 saturated heterocycles. The minimum Gasteiger partial charge on any atom is -0.465 e. The minimum atomic E-state index is -0.497. The van der Waals surface area contributed by atoms with Crippen LogP contribution in [0.25, 0.3) is 0 Å². The van der Waals surface area contributed by atoms with Gasteiger partial charge in [0.05, 0.1) is 23.9 Å². The molecule has 1 aliphatic rings. The van der Waals surface area contributed by atoms with Crippen LogP contribution in [-0.4, -0.2) is 36.4 Å². The molecule has 0 saturated carbocycles. The number of rotatable bonds is 2. The monoisotopic (exact) mass is 265 g/mol. The van der Waals surface area contributed by atoms with Crippen LogP contribution in [0.2, 0.25) is 0 Å². The van der Waals surface area contributed by atoms with Crippen LogP contribution in [0, 0.1) is 6.92 Å². The quantitative estimate of drug-likeness (QED) is 0.648. The summed E-state index contributed by atoms with van der Waals surface area (Å²) in [7, 11) is 0.867. The number of hydrogen-bond acceptors (Lipinski definition) is 4. The predicted octanol–water partition coefficient (Wildman–Crippen LogP) is 1.41. The average Bonchev–Trinajstić information content (AvgIpc) is 2.77. The van der Waals surface area contributed by atoms with Crippen LogP contribution in [0.4, 0.5) is 0 Å². The highest BCUT2D eigenvalue weighted by Crippen LogP contribution is 2.36. The van der Waals surface area contributed by atoms with E-state index in [1.165, 1.54) is 7.11 Å². The van der Waals surface area contributed by atoms with E-state index in [0.29, 0.717) is 5.56 Å². The molecule has 0 atom stereocenters. The molecule has 2 heterocycles. The standard InChI is InChI=1S/C13H20BNO4/c1-8-9(11(16)17-6)7-15-10(8)14-18-12(2,3)13(4,5)19-14/h7,15H,1-6H3. The number of nitrogens with one attached hydrogen (secondary N) is 1. The van der Waals surface area contributed by atoms with E-state index in [1.807, 2.05) is 34.6 Å². The lowest BCUT2D eigenvalue weighted by Gasteiger charge is -2.32. The third kappa shape index (κ3) is 2.19. The van der Waals surface area contributed by atoms with Crippen LogP contribution in [0.1, 0.15) is 43.6 Å². The van der Waals surface area contributed by atoms with Crippen molar-refractivity contribution >= 4 is 18.7 Å². The molecule has 0 spiro atoms. The molecule has 6 heteroatoms. The van der Waals surface area contributed by atoms with Crippen molar-refractivity contribution in [3.05, 3.63) is 17.3 Å². The molecule has 0 aliphatic carbocycles. The summed E-state index contributed by atoms with van der Waals surface area (Å²) in [6.07, 6.45) is 1.63. The van der Waals surface area contributed by atoms with E-state index in [0.717, 1.165) is 11.2 Å². The molecule has 2 rings (SSSR count). The van der Waals surface area contributed by atoms with E-state index in [-0.39, 0.29) is 5.97 Å². The van der Waals surface area contributed by atoms with E-state index in [2.05, 4.69) is 4.98 Å². The SMILES string of the molecule is COC(=O)c1c[nH]c(B2OC(C)(C)C(C)(C)O2)c1C. The van der Waals surface area contributed by atoms with Gasteiger partial charge >= 0.3 is 13.1 Å². The van der Waals surface area contributed by atoms with Crippen molar-refractivity contribution in [1.82, 2.24) is 4.98 Å². The smallest absolute Gasteiger partial charge is 0.465 e. The van der Waals surface area contributed by atoms with Gasteiger partial charge in [-0.1, -0.05) is 0 Å². The van der Waals surface area contributed by atoms with Gasteiger partial charge in [0.1, 0.15) is 0 Å². The molecule has 1 aromatic rings. The molecular formula is C13H20BNO4. The number of aromatic nitrogens is 1. The van der Waals surface area contributed by atoms with Gasteiger partial charge in [-0.05, 0) is 40.2 Å². The molecule has 0 bridgehead atoms. The molecule has 0 unspecified atom stereocenters. The van der Waals surface area contributed by atoms with Crippen molar-refractivity contribution in [3.63, 3.8) is 0 Å². The molecule has 1 aromatic heterocycles. The molecule has 1 aliphatic heterocycles. The van der Waals surface area contributed by atoms with Gasteiger partial charge in [0.2, 0.25) is 0 Å². The van der Waals surface area contributed by atoms with Crippen molar-refractivity contribution in [2.24, 2.45) is 0 Å². The lowest BCUT2D eigenvalue weighted by atomic mass is 9.81. The van der Waals surface area contributed by atoms with Crippen LogP contribution >= 0.6 is 0 Å². The Morgan fingerprint density at radius 3 is 2.26 bits per heavy atom. The Morgan fingerprint density at radius 1 is 1.26 bits per heavy atom. The van der Waals surface area contributed by atoms with Gasteiger partial charge in [0.15, 0.2) is 0 Å². The maximum atomic E-state index is 11.6. The predicted molar refractivity (Wildman–Crippen MR) is 72.6 cm³/mol. The number of aromatic amines is 1. The number of carbonyl (C=O) groups is 1. The van der Waals surface area contributed by atoms with E-state index in [1.54, 1.807) is 6.20 Å². The minimum absolute atomic E-state index is 0.364. The first kappa shape index (κ1) is 14.2. The van der Waals surface area contributed by atoms with Gasteiger partial charge in [-0.25, -0.2) is 4.79 Å². The van der Waals surface area contributed by atoms with E-state index >= 15 is 0 Å². The van der Waals surface area contributed by atoms with Crippen LogP contribution in [0.3, 0.4) is 0 Å². The third-order valence-corrected chi connectivity index (χ3v) is 4.07. The molecule has 1 N–H and O–H groups in total. The van der Waals surface area contributed by atoms with Gasteiger partial charge in [-0.3, -0.25) is 0 Å². The second-order valence-corrected chi connectivity index (χ2v) is 5.82. The average molecular weight is 265 g/mol. The van der Waals surface area contributed by atoms with Crippen LogP contribution < -0.4 is 5.59 Å². The van der Waals surface area contributed by atoms with Gasteiger partial charge in [0.25, 0.3) is 0 Å². The van der Waals surface area contributed by atoms with Crippen LogP contribution in [-0.2, 0) is 14.0 Å². The first-order chi connectivity index (χ1) is 8.69. The highest BCUT2D eigenvalue weighted by Gasteiger charge is 2.52. The first-order valence-corrected chi connectivity index (χ1v) is 6.31. The summed E-state index contributed by atoms with van der Waals surface area (Å²) in [4.78, 5) is 14.6. The number of methoxy groups -OCH3 is 1. The van der Waals surface area contributed by atoms with Crippen molar-refractivity contribution < 1.29 is 18.8 Å². The van der Waals surface area contributed by atoms with Crippen molar-refractivity contribution in [1.29, 1.82) is 0 Å². The fourth-order valence-electron chi connectivity index (χ4n) is 2.04. The molecule has 0 radical (unpaired) electrons. The molecule has 19 heavy (non-hydrogen) atoms. The van der Waals surface area contributed by atoms with E-state index in [9.17, 15) is 4.79 Å². The zero-order valence-corrected chi connectivity index (χ0v) is 12.3. The molecule has 5 nitrogen and oxygen atoms in total. The summed E-state index contributed by atoms with van der Waals surface area (Å²) < 4.78 is 16.6. The third-order valence-electron chi connectivity index (χ3n) is 4.07. The second-order valence-electron chi connectivity index (χ2n) is 5.82. The first-order valence-electron chi connectivity index (χ1n) is 6.31. The Morgan fingerprint density at radius 2 is 1.79 bits per heavy atom. The highest BCUT2D eigenvalue weighted by molar-refractivity contribution is 6.61. The molecule has 0 amide bonds. The summed E-state index contributed by atoms with van der Waals surface area (Å²) in [6.45, 7) is 9.82. The Bertz CT molecular complexity index is 491. The highest BCUT2D eigenvalue weighted by atomic mass is 16.7. The van der Waals surface area contributed by atoms with E-state index < -0.39 is 18.3 Å². The molecular weight excluding hydrogens is 245 g/mol. The van der Waals surface area contributed by atoms with Gasteiger partial charge < -0.3 is 19.0 Å². The van der Waals surface area contributed by atoms with Gasteiger partial charge in [-0.15, -0.1) is 0 Å². The number of H-pyrrole nitrogens is 1. The van der Waals surface area contributed by atoms with Crippen LogP contribution in [0.15, 0.2) is 6.20 Å². The number of esters is 1. The number of carbonyl (C=O) groups excluding carboxylic acids is 1. The maximum absolute atomic E-state index is 11.6. The zero-order valence-electron chi connectivity index (χ0n) is 12.3. The summed E-state index contributed by atoms with van der Waals surface area (Å²) in [6, 6.07) is 0. The summed E-state index contributed by atoms with van der Waals surface area (Å²) in [5.74, 6) is -0.364. The van der Waals surface area contributed by atoms with E-state index in [4.69, 9.17) is 14.0 Å². The molecule has 0 aromatic carbocycles. The summed E-state index contributed by atoms with van der Waals surface area (Å²) in [5.41, 5.74) is 1.26. The number of ether oxygens (including phenoxy) is 1. The lowest BCUT2D eigenvalue weighted by Crippen LogP contribution is -2.41. The fourth-order valence-corrected chi connectivity index (χ4v) is 2.04. The largest absolute Gasteiger partial charge is 0.512 e. The van der Waals surface area contributed by atoms with Crippen molar-refractivity contribution in [2.75, 3.05) is 7.11 Å². The Labute approximate surface area is 113 Å². The normalized spacial score (nSPS) is 20.6. The Kier molecular flexibility index (Phi) is 3.27. The van der Waals surface area contributed by atoms with Gasteiger partial charge in [0, 0.05) is 11.8 Å². The molecule has 1 fully saturated rings. The second kappa shape index (κ2) is 4.39. The summed E-state index contributed by atoms with van der Waals surface area (Å²) in [5, 5.41) is 0. The molecule has 104 valence electrons. The Balaban J connectivity index is 2.31. The topological polar surface area (TPSA) is 60.6 Å². The lowest BCUT2D eigenvalue weighted by molar-refractivity contribution is 0.00578. The number of hydrogen-bond donors (Lipinski definition) is 1. The fraction of sp³-hybridized carbons (Fsp3) is 0.615. The van der Waals surface area contributed by atoms with Crippen LogP contribution in [0.5, 0.6) is 0 Å². The van der Waals surface area contributed by atoms with Crippen molar-refractivity contribution in [2.45, 2.75) is 45.8 Å².